The van der Waals surface area contributed by atoms with Gasteiger partial charge in [0.15, 0.2) is 0 Å². The lowest BCUT2D eigenvalue weighted by atomic mass is 9.81. The molecule has 3 nitrogen and oxygen atoms in total. The SMILES string of the molecule is C=C(Nc1c(Cl)cc(-c2ccccc2C(F)(F)F)c(C)c1C)C1=NOC2(CCCCC2)C1. The molecule has 0 saturated heterocycles. The van der Waals surface area contributed by atoms with Gasteiger partial charge in [-0.2, -0.15) is 13.2 Å². The van der Waals surface area contributed by atoms with E-state index in [1.54, 1.807) is 19.1 Å². The van der Waals surface area contributed by atoms with Crippen LogP contribution in [0.1, 0.15) is 55.2 Å². The smallest absolute Gasteiger partial charge is 0.389 e. The normalized spacial score (nSPS) is 17.8. The summed E-state index contributed by atoms with van der Waals surface area (Å²) in [4.78, 5) is 5.81. The molecule has 0 atom stereocenters. The van der Waals surface area contributed by atoms with E-state index in [-0.39, 0.29) is 11.2 Å². The van der Waals surface area contributed by atoms with Gasteiger partial charge in [-0.15, -0.1) is 0 Å². The number of nitrogens with zero attached hydrogens (tertiary/aromatic N) is 1. The van der Waals surface area contributed by atoms with E-state index in [1.165, 1.54) is 18.6 Å². The molecule has 1 heterocycles. The zero-order chi connectivity index (χ0) is 23.1. The molecule has 32 heavy (non-hydrogen) atoms. The Morgan fingerprint density at radius 3 is 2.47 bits per heavy atom. The highest BCUT2D eigenvalue weighted by molar-refractivity contribution is 6.34. The minimum atomic E-state index is -4.45. The van der Waals surface area contributed by atoms with Gasteiger partial charge < -0.3 is 10.2 Å². The lowest BCUT2D eigenvalue weighted by molar-refractivity contribution is -0.137. The second-order valence-corrected chi connectivity index (χ2v) is 9.13. The molecule has 0 aromatic heterocycles. The van der Waals surface area contributed by atoms with Gasteiger partial charge in [0.2, 0.25) is 0 Å². The minimum absolute atomic E-state index is 0.112. The molecule has 4 rings (SSSR count). The molecular formula is C25H26ClF3N2O. The summed E-state index contributed by atoms with van der Waals surface area (Å²) < 4.78 is 40.7. The topological polar surface area (TPSA) is 33.6 Å². The van der Waals surface area contributed by atoms with Crippen LogP contribution in [0.3, 0.4) is 0 Å². The van der Waals surface area contributed by atoms with Crippen molar-refractivity contribution in [3.63, 3.8) is 0 Å². The van der Waals surface area contributed by atoms with Crippen LogP contribution in [0.2, 0.25) is 5.02 Å². The van der Waals surface area contributed by atoms with Gasteiger partial charge in [-0.05, 0) is 73.9 Å². The maximum absolute atomic E-state index is 13.6. The van der Waals surface area contributed by atoms with Crippen LogP contribution in [-0.2, 0) is 11.0 Å². The molecule has 1 aliphatic carbocycles. The van der Waals surface area contributed by atoms with Gasteiger partial charge in [0, 0.05) is 6.42 Å². The number of hydrogen-bond donors (Lipinski definition) is 1. The molecule has 2 aliphatic rings. The molecule has 7 heteroatoms. The fourth-order valence-corrected chi connectivity index (χ4v) is 4.94. The first kappa shape index (κ1) is 22.7. The maximum Gasteiger partial charge on any atom is 0.417 e. The molecule has 0 bridgehead atoms. The monoisotopic (exact) mass is 462 g/mol. The molecule has 1 N–H and O–H groups in total. The first-order valence-electron chi connectivity index (χ1n) is 10.8. The van der Waals surface area contributed by atoms with E-state index < -0.39 is 11.7 Å². The van der Waals surface area contributed by atoms with Crippen LogP contribution >= 0.6 is 11.6 Å². The number of benzene rings is 2. The van der Waals surface area contributed by atoms with Crippen LogP contribution < -0.4 is 5.32 Å². The average Bonchev–Trinajstić information content (AvgIpc) is 3.17. The number of rotatable bonds is 4. The quantitative estimate of drug-likeness (QED) is 0.498. The third-order valence-electron chi connectivity index (χ3n) is 6.60. The van der Waals surface area contributed by atoms with Crippen molar-refractivity contribution < 1.29 is 18.0 Å². The Labute approximate surface area is 191 Å². The van der Waals surface area contributed by atoms with Gasteiger partial charge in [0.1, 0.15) is 11.3 Å². The molecule has 1 fully saturated rings. The average molecular weight is 463 g/mol. The first-order valence-corrected chi connectivity index (χ1v) is 11.2. The van der Waals surface area contributed by atoms with Crippen LogP contribution in [0.15, 0.2) is 47.8 Å². The van der Waals surface area contributed by atoms with Crippen molar-refractivity contribution in [2.24, 2.45) is 5.16 Å². The number of allylic oxidation sites excluding steroid dienone is 1. The molecule has 2 aromatic carbocycles. The van der Waals surface area contributed by atoms with E-state index in [1.807, 2.05) is 6.92 Å². The van der Waals surface area contributed by atoms with Crippen LogP contribution in [0.4, 0.5) is 18.9 Å². The largest absolute Gasteiger partial charge is 0.417 e. The molecule has 1 aliphatic heterocycles. The second kappa shape index (κ2) is 8.47. The van der Waals surface area contributed by atoms with Crippen molar-refractivity contribution in [1.29, 1.82) is 0 Å². The van der Waals surface area contributed by atoms with Crippen molar-refractivity contribution in [2.75, 3.05) is 5.32 Å². The Hall–Kier alpha value is -2.47. The Morgan fingerprint density at radius 1 is 1.09 bits per heavy atom. The lowest BCUT2D eigenvalue weighted by Gasteiger charge is -2.30. The Balaban J connectivity index is 1.61. The minimum Gasteiger partial charge on any atom is -0.389 e. The summed E-state index contributed by atoms with van der Waals surface area (Å²) in [6.45, 7) is 7.76. The van der Waals surface area contributed by atoms with Gasteiger partial charge in [-0.3, -0.25) is 0 Å². The van der Waals surface area contributed by atoms with E-state index in [0.29, 0.717) is 28.4 Å². The Morgan fingerprint density at radius 2 is 1.78 bits per heavy atom. The standard InChI is InChI=1S/C25H26ClF3N2O/c1-15-16(2)23(30-17(3)22-14-24(32-31-22)11-7-4-8-12-24)21(26)13-19(15)18-9-5-6-10-20(18)25(27,28)29/h5-6,9-10,13,30H,3-4,7-8,11-12,14H2,1-2H3. The summed E-state index contributed by atoms with van der Waals surface area (Å²) in [6.07, 6.45) is 1.70. The van der Waals surface area contributed by atoms with Gasteiger partial charge in [0.25, 0.3) is 0 Å². The van der Waals surface area contributed by atoms with Crippen molar-refractivity contribution in [3.8, 4) is 11.1 Å². The summed E-state index contributed by atoms with van der Waals surface area (Å²) in [5, 5.41) is 7.86. The van der Waals surface area contributed by atoms with E-state index in [4.69, 9.17) is 16.4 Å². The zero-order valence-corrected chi connectivity index (χ0v) is 19.0. The maximum atomic E-state index is 13.6. The summed E-state index contributed by atoms with van der Waals surface area (Å²) in [5.74, 6) is 0. The van der Waals surface area contributed by atoms with Crippen molar-refractivity contribution in [2.45, 2.75) is 64.1 Å². The van der Waals surface area contributed by atoms with Crippen LogP contribution in [-0.4, -0.2) is 11.3 Å². The molecule has 0 radical (unpaired) electrons. The van der Waals surface area contributed by atoms with Gasteiger partial charge >= 0.3 is 6.18 Å². The van der Waals surface area contributed by atoms with E-state index in [0.717, 1.165) is 48.6 Å². The summed E-state index contributed by atoms with van der Waals surface area (Å²) >= 11 is 6.56. The highest BCUT2D eigenvalue weighted by Gasteiger charge is 2.41. The highest BCUT2D eigenvalue weighted by atomic mass is 35.5. The van der Waals surface area contributed by atoms with E-state index >= 15 is 0 Å². The molecule has 1 spiro atoms. The first-order chi connectivity index (χ1) is 15.1. The third kappa shape index (κ3) is 4.25. The molecule has 2 aromatic rings. The number of anilines is 1. The molecule has 170 valence electrons. The van der Waals surface area contributed by atoms with Crippen LogP contribution in [0.25, 0.3) is 11.1 Å². The summed E-state index contributed by atoms with van der Waals surface area (Å²) in [5.41, 5.74) is 3.12. The van der Waals surface area contributed by atoms with Crippen LogP contribution in [0, 0.1) is 13.8 Å². The predicted molar refractivity (Wildman–Crippen MR) is 123 cm³/mol. The number of halogens is 4. The van der Waals surface area contributed by atoms with Crippen LogP contribution in [0.5, 0.6) is 0 Å². The van der Waals surface area contributed by atoms with Gasteiger partial charge in [0.05, 0.1) is 22.0 Å². The van der Waals surface area contributed by atoms with Gasteiger partial charge in [-0.1, -0.05) is 48.0 Å². The third-order valence-corrected chi connectivity index (χ3v) is 6.90. The molecular weight excluding hydrogens is 437 g/mol. The number of oxime groups is 1. The number of nitrogens with one attached hydrogen (secondary N) is 1. The number of alkyl halides is 3. The van der Waals surface area contributed by atoms with E-state index in [9.17, 15) is 13.2 Å². The van der Waals surface area contributed by atoms with Gasteiger partial charge in [-0.25, -0.2) is 0 Å². The van der Waals surface area contributed by atoms with Crippen molar-refractivity contribution in [3.05, 3.63) is 64.3 Å². The fourth-order valence-electron chi connectivity index (χ4n) is 4.64. The van der Waals surface area contributed by atoms with Crippen molar-refractivity contribution >= 4 is 23.0 Å². The Kier molecular flexibility index (Phi) is 6.01. The lowest BCUT2D eigenvalue weighted by Crippen LogP contribution is -2.32. The molecule has 0 amide bonds. The van der Waals surface area contributed by atoms with E-state index in [2.05, 4.69) is 17.1 Å². The number of hydrogen-bond acceptors (Lipinski definition) is 3. The molecule has 1 saturated carbocycles. The van der Waals surface area contributed by atoms with Crippen molar-refractivity contribution in [1.82, 2.24) is 0 Å². The predicted octanol–water partition coefficient (Wildman–Crippen LogP) is 8.05. The Bertz CT molecular complexity index is 1090. The zero-order valence-electron chi connectivity index (χ0n) is 18.2. The fraction of sp³-hybridized carbons (Fsp3) is 0.400. The molecule has 0 unspecified atom stereocenters. The summed E-state index contributed by atoms with van der Waals surface area (Å²) in [6, 6.07) is 7.13. The second-order valence-electron chi connectivity index (χ2n) is 8.73. The highest BCUT2D eigenvalue weighted by Crippen LogP contribution is 2.43. The summed E-state index contributed by atoms with van der Waals surface area (Å²) in [7, 11) is 0.